The lowest BCUT2D eigenvalue weighted by Crippen LogP contribution is -2.38. The maximum absolute atomic E-state index is 12.5. The minimum Gasteiger partial charge on any atom is -0.493 e. The molecule has 2 aromatic rings. The molecule has 0 heterocycles. The van der Waals surface area contributed by atoms with E-state index in [9.17, 15) is 18.0 Å². The molecule has 0 spiro atoms. The Morgan fingerprint density at radius 2 is 1.72 bits per heavy atom. The van der Waals surface area contributed by atoms with Gasteiger partial charge in [-0.15, -0.1) is 13.2 Å². The Kier molecular flexibility index (Phi) is 7.58. The van der Waals surface area contributed by atoms with Crippen molar-refractivity contribution in [1.82, 2.24) is 10.2 Å². The molecule has 158 valence electrons. The molecule has 0 aromatic heterocycles. The highest BCUT2D eigenvalue weighted by molar-refractivity contribution is 5.74. The summed E-state index contributed by atoms with van der Waals surface area (Å²) in [7, 11) is 4.70. The first-order chi connectivity index (χ1) is 13.7. The second-order valence-corrected chi connectivity index (χ2v) is 6.18. The molecular formula is C20H23F3N2O4. The number of likely N-dealkylation sites (N-methyl/N-ethyl adjacent to an activating group) is 1. The van der Waals surface area contributed by atoms with Gasteiger partial charge in [-0.2, -0.15) is 0 Å². The van der Waals surface area contributed by atoms with Gasteiger partial charge in [0.15, 0.2) is 11.5 Å². The van der Waals surface area contributed by atoms with Crippen molar-refractivity contribution in [3.05, 3.63) is 53.6 Å². The molecule has 0 saturated heterocycles. The molecule has 0 radical (unpaired) electrons. The molecule has 29 heavy (non-hydrogen) atoms. The minimum atomic E-state index is -4.80. The number of hydrogen-bond acceptors (Lipinski definition) is 4. The first-order valence-electron chi connectivity index (χ1n) is 8.77. The highest BCUT2D eigenvalue weighted by Crippen LogP contribution is 2.28. The van der Waals surface area contributed by atoms with Gasteiger partial charge in [-0.3, -0.25) is 0 Å². The van der Waals surface area contributed by atoms with Gasteiger partial charge in [0, 0.05) is 25.7 Å². The van der Waals surface area contributed by atoms with Crippen LogP contribution in [-0.4, -0.2) is 45.1 Å². The maximum Gasteiger partial charge on any atom is 0.573 e. The van der Waals surface area contributed by atoms with Crippen LogP contribution in [-0.2, 0) is 13.0 Å². The molecule has 0 aliphatic heterocycles. The molecule has 0 atom stereocenters. The second-order valence-electron chi connectivity index (χ2n) is 6.18. The van der Waals surface area contributed by atoms with Gasteiger partial charge in [0.2, 0.25) is 0 Å². The first kappa shape index (κ1) is 22.2. The summed E-state index contributed by atoms with van der Waals surface area (Å²) in [5, 5.41) is 2.60. The number of ether oxygens (including phenoxy) is 3. The van der Waals surface area contributed by atoms with E-state index in [2.05, 4.69) is 10.1 Å². The summed E-state index contributed by atoms with van der Waals surface area (Å²) >= 11 is 0. The zero-order valence-electron chi connectivity index (χ0n) is 16.4. The number of alkyl halides is 3. The molecular weight excluding hydrogens is 389 g/mol. The molecule has 9 heteroatoms. The standard InChI is InChI=1S/C20H23F3N2O4/c1-25(11-10-14-8-9-17(27-2)18(12-14)28-3)19(26)24-13-15-6-4-5-7-16(15)29-20(21,22)23/h4-9,12H,10-11,13H2,1-3H3,(H,24,26). The van der Waals surface area contributed by atoms with E-state index in [0.717, 1.165) is 5.56 Å². The number of hydrogen-bond donors (Lipinski definition) is 1. The fourth-order valence-electron chi connectivity index (χ4n) is 2.61. The van der Waals surface area contributed by atoms with Crippen LogP contribution in [0.15, 0.2) is 42.5 Å². The number of para-hydroxylation sites is 1. The molecule has 0 fully saturated rings. The van der Waals surface area contributed by atoms with Gasteiger partial charge in [0.1, 0.15) is 5.75 Å². The van der Waals surface area contributed by atoms with Crippen LogP contribution in [0.5, 0.6) is 17.2 Å². The number of carbonyl (C=O) groups is 1. The lowest BCUT2D eigenvalue weighted by molar-refractivity contribution is -0.274. The monoisotopic (exact) mass is 412 g/mol. The van der Waals surface area contributed by atoms with Crippen LogP contribution < -0.4 is 19.5 Å². The molecule has 2 rings (SSSR count). The Balaban J connectivity index is 1.90. The Labute approximate surface area is 167 Å². The highest BCUT2D eigenvalue weighted by atomic mass is 19.4. The molecule has 0 unspecified atom stereocenters. The average Bonchev–Trinajstić information content (AvgIpc) is 2.69. The second kappa shape index (κ2) is 9.90. The molecule has 0 aliphatic carbocycles. The van der Waals surface area contributed by atoms with E-state index >= 15 is 0 Å². The van der Waals surface area contributed by atoms with Gasteiger partial charge in [-0.25, -0.2) is 4.79 Å². The summed E-state index contributed by atoms with van der Waals surface area (Å²) in [4.78, 5) is 13.7. The van der Waals surface area contributed by atoms with Crippen molar-refractivity contribution in [1.29, 1.82) is 0 Å². The van der Waals surface area contributed by atoms with E-state index in [-0.39, 0.29) is 17.9 Å². The zero-order valence-corrected chi connectivity index (χ0v) is 16.4. The zero-order chi connectivity index (χ0) is 21.4. The summed E-state index contributed by atoms with van der Waals surface area (Å²) in [6.45, 7) is 0.313. The van der Waals surface area contributed by atoms with Crippen molar-refractivity contribution in [3.8, 4) is 17.2 Å². The lowest BCUT2D eigenvalue weighted by Gasteiger charge is -2.19. The molecule has 0 saturated carbocycles. The predicted octanol–water partition coefficient (Wildman–Crippen LogP) is 3.99. The van der Waals surface area contributed by atoms with E-state index in [4.69, 9.17) is 9.47 Å². The Bertz CT molecular complexity index is 828. The normalized spacial score (nSPS) is 11.0. The number of rotatable bonds is 8. The number of carbonyl (C=O) groups excluding carboxylic acids is 1. The molecule has 1 N–H and O–H groups in total. The van der Waals surface area contributed by atoms with Crippen LogP contribution in [0.4, 0.5) is 18.0 Å². The molecule has 2 aromatic carbocycles. The van der Waals surface area contributed by atoms with Crippen molar-refractivity contribution in [3.63, 3.8) is 0 Å². The van der Waals surface area contributed by atoms with Crippen molar-refractivity contribution in [2.45, 2.75) is 19.3 Å². The van der Waals surface area contributed by atoms with E-state index in [1.807, 2.05) is 12.1 Å². The number of methoxy groups -OCH3 is 2. The number of halogens is 3. The van der Waals surface area contributed by atoms with Crippen molar-refractivity contribution >= 4 is 6.03 Å². The number of urea groups is 1. The fourth-order valence-corrected chi connectivity index (χ4v) is 2.61. The van der Waals surface area contributed by atoms with Crippen LogP contribution in [0.1, 0.15) is 11.1 Å². The summed E-state index contributed by atoms with van der Waals surface area (Å²) in [5.74, 6) is 0.869. The summed E-state index contributed by atoms with van der Waals surface area (Å²) in [5.41, 5.74) is 1.18. The van der Waals surface area contributed by atoms with E-state index < -0.39 is 12.4 Å². The van der Waals surface area contributed by atoms with Crippen molar-refractivity contribution in [2.24, 2.45) is 0 Å². The maximum atomic E-state index is 12.5. The van der Waals surface area contributed by atoms with Crippen LogP contribution >= 0.6 is 0 Å². The van der Waals surface area contributed by atoms with Crippen LogP contribution in [0, 0.1) is 0 Å². The van der Waals surface area contributed by atoms with Gasteiger partial charge in [-0.05, 0) is 30.2 Å². The van der Waals surface area contributed by atoms with Gasteiger partial charge in [0.05, 0.1) is 14.2 Å². The number of nitrogens with zero attached hydrogens (tertiary/aromatic N) is 1. The Hall–Kier alpha value is -3.10. The van der Waals surface area contributed by atoms with Gasteiger partial charge >= 0.3 is 12.4 Å². The predicted molar refractivity (Wildman–Crippen MR) is 101 cm³/mol. The van der Waals surface area contributed by atoms with E-state index in [1.54, 1.807) is 33.4 Å². The largest absolute Gasteiger partial charge is 0.573 e. The molecule has 6 nitrogen and oxygen atoms in total. The molecule has 0 aliphatic rings. The highest BCUT2D eigenvalue weighted by Gasteiger charge is 2.32. The number of nitrogens with one attached hydrogen (secondary N) is 1. The first-order valence-corrected chi connectivity index (χ1v) is 8.77. The Morgan fingerprint density at radius 1 is 1.03 bits per heavy atom. The van der Waals surface area contributed by atoms with Gasteiger partial charge in [0.25, 0.3) is 0 Å². The Morgan fingerprint density at radius 3 is 2.38 bits per heavy atom. The SMILES string of the molecule is COc1ccc(CCN(C)C(=O)NCc2ccccc2OC(F)(F)F)cc1OC. The lowest BCUT2D eigenvalue weighted by atomic mass is 10.1. The third kappa shape index (κ3) is 6.78. The quantitative estimate of drug-likeness (QED) is 0.713. The third-order valence-electron chi connectivity index (χ3n) is 4.16. The average molecular weight is 412 g/mol. The fraction of sp³-hybridized carbons (Fsp3) is 0.350. The van der Waals surface area contributed by atoms with E-state index in [1.165, 1.54) is 23.1 Å². The van der Waals surface area contributed by atoms with Gasteiger partial charge < -0.3 is 24.4 Å². The molecule has 2 amide bonds. The molecule has 0 bridgehead atoms. The van der Waals surface area contributed by atoms with Gasteiger partial charge in [-0.1, -0.05) is 24.3 Å². The summed E-state index contributed by atoms with van der Waals surface area (Å²) in [6.07, 6.45) is -4.23. The van der Waals surface area contributed by atoms with E-state index in [0.29, 0.717) is 24.5 Å². The van der Waals surface area contributed by atoms with Crippen molar-refractivity contribution < 1.29 is 32.2 Å². The van der Waals surface area contributed by atoms with Crippen LogP contribution in [0.25, 0.3) is 0 Å². The number of benzene rings is 2. The van der Waals surface area contributed by atoms with Crippen molar-refractivity contribution in [2.75, 3.05) is 27.8 Å². The summed E-state index contributed by atoms with van der Waals surface area (Å²) < 4.78 is 51.9. The van der Waals surface area contributed by atoms with Crippen LogP contribution in [0.3, 0.4) is 0 Å². The smallest absolute Gasteiger partial charge is 0.493 e. The summed E-state index contributed by atoms with van der Waals surface area (Å²) in [6, 6.07) is 10.7. The third-order valence-corrected chi connectivity index (χ3v) is 4.16. The topological polar surface area (TPSA) is 60.0 Å². The van der Waals surface area contributed by atoms with Crippen LogP contribution in [0.2, 0.25) is 0 Å². The minimum absolute atomic E-state index is 0.0915. The number of amides is 2.